The van der Waals surface area contributed by atoms with Crippen LogP contribution >= 0.6 is 11.6 Å². The molecule has 0 aromatic heterocycles. The minimum Gasteiger partial charge on any atom is -0.314 e. The molecule has 1 atom stereocenters. The smallest absolute Gasteiger partial charge is 0.141 e. The number of benzene rings is 1. The van der Waals surface area contributed by atoms with E-state index in [4.69, 9.17) is 11.6 Å². The van der Waals surface area contributed by atoms with E-state index in [1.54, 1.807) is 6.07 Å². The van der Waals surface area contributed by atoms with E-state index >= 15 is 0 Å². The minimum atomic E-state index is -0.331. The molecule has 118 valence electrons. The lowest BCUT2D eigenvalue weighted by molar-refractivity contribution is 0.313. The van der Waals surface area contributed by atoms with Crippen LogP contribution in [0.25, 0.3) is 0 Å². The van der Waals surface area contributed by atoms with Crippen LogP contribution in [-0.2, 0) is 6.42 Å². The van der Waals surface area contributed by atoms with E-state index in [1.165, 1.54) is 51.0 Å². The van der Waals surface area contributed by atoms with Gasteiger partial charge in [-0.1, -0.05) is 56.7 Å². The van der Waals surface area contributed by atoms with Crippen molar-refractivity contribution in [2.45, 2.75) is 64.3 Å². The second-order valence-corrected chi connectivity index (χ2v) is 6.70. The number of hydrogen-bond acceptors (Lipinski definition) is 1. The zero-order valence-electron chi connectivity index (χ0n) is 13.0. The summed E-state index contributed by atoms with van der Waals surface area (Å²) in [6.07, 6.45) is 10.5. The van der Waals surface area contributed by atoms with Crippen molar-refractivity contribution in [3.63, 3.8) is 0 Å². The normalized spacial score (nSPS) is 17.9. The molecule has 2 rings (SSSR count). The molecule has 1 unspecified atom stereocenters. The van der Waals surface area contributed by atoms with Crippen molar-refractivity contribution in [2.24, 2.45) is 5.92 Å². The first-order chi connectivity index (χ1) is 10.2. The molecule has 1 fully saturated rings. The summed E-state index contributed by atoms with van der Waals surface area (Å²) in [4.78, 5) is 0. The van der Waals surface area contributed by atoms with E-state index in [0.717, 1.165) is 24.4 Å². The molecule has 3 heteroatoms. The van der Waals surface area contributed by atoms with Gasteiger partial charge in [-0.05, 0) is 49.4 Å². The van der Waals surface area contributed by atoms with Crippen molar-refractivity contribution in [1.29, 1.82) is 0 Å². The van der Waals surface area contributed by atoms with E-state index in [9.17, 15) is 4.39 Å². The molecule has 0 saturated heterocycles. The standard InChI is InChI=1S/C18H27ClFN/c1-2-21-16(10-8-14-6-4-3-5-7-14)12-15-9-11-18(20)17(19)13-15/h9,11,13-14,16,21H,2-8,10,12H2,1H3. The molecular formula is C18H27ClFN. The van der Waals surface area contributed by atoms with Crippen molar-refractivity contribution in [2.75, 3.05) is 6.54 Å². The van der Waals surface area contributed by atoms with Gasteiger partial charge in [-0.25, -0.2) is 4.39 Å². The third-order valence-corrected chi connectivity index (χ3v) is 4.90. The van der Waals surface area contributed by atoms with Gasteiger partial charge in [0.15, 0.2) is 0 Å². The van der Waals surface area contributed by atoms with Gasteiger partial charge in [0, 0.05) is 6.04 Å². The molecule has 0 spiro atoms. The van der Waals surface area contributed by atoms with Crippen LogP contribution in [0, 0.1) is 11.7 Å². The highest BCUT2D eigenvalue weighted by molar-refractivity contribution is 6.30. The van der Waals surface area contributed by atoms with Crippen LogP contribution in [0.3, 0.4) is 0 Å². The summed E-state index contributed by atoms with van der Waals surface area (Å²) >= 11 is 5.88. The van der Waals surface area contributed by atoms with E-state index in [0.29, 0.717) is 6.04 Å². The molecule has 21 heavy (non-hydrogen) atoms. The Labute approximate surface area is 133 Å². The number of halogens is 2. The molecule has 0 amide bonds. The first kappa shape index (κ1) is 16.8. The maximum atomic E-state index is 13.2. The molecule has 1 aromatic carbocycles. The SMILES string of the molecule is CCNC(CCC1CCCCC1)Cc1ccc(F)c(Cl)c1. The van der Waals surface area contributed by atoms with E-state index in [-0.39, 0.29) is 10.8 Å². The number of hydrogen-bond donors (Lipinski definition) is 1. The monoisotopic (exact) mass is 311 g/mol. The van der Waals surface area contributed by atoms with E-state index in [2.05, 4.69) is 12.2 Å². The van der Waals surface area contributed by atoms with Gasteiger partial charge in [-0.2, -0.15) is 0 Å². The lowest BCUT2D eigenvalue weighted by Crippen LogP contribution is -2.31. The number of likely N-dealkylation sites (N-methyl/N-ethyl adjacent to an activating group) is 1. The molecule has 0 radical (unpaired) electrons. The summed E-state index contributed by atoms with van der Waals surface area (Å²) in [6, 6.07) is 5.56. The number of nitrogens with one attached hydrogen (secondary N) is 1. The molecule has 1 aliphatic carbocycles. The van der Waals surface area contributed by atoms with Crippen LogP contribution in [0.1, 0.15) is 57.4 Å². The summed E-state index contributed by atoms with van der Waals surface area (Å²) in [5, 5.41) is 3.80. The molecule has 0 heterocycles. The van der Waals surface area contributed by atoms with Gasteiger partial charge in [-0.3, -0.25) is 0 Å². The molecule has 1 saturated carbocycles. The predicted octanol–water partition coefficient (Wildman–Crippen LogP) is 5.36. The zero-order valence-corrected chi connectivity index (χ0v) is 13.8. The molecule has 0 aliphatic heterocycles. The summed E-state index contributed by atoms with van der Waals surface area (Å²) < 4.78 is 13.2. The molecule has 1 aliphatic rings. The summed E-state index contributed by atoms with van der Waals surface area (Å²) in [5.41, 5.74) is 1.12. The van der Waals surface area contributed by atoms with E-state index in [1.807, 2.05) is 6.07 Å². The Balaban J connectivity index is 1.86. The first-order valence-electron chi connectivity index (χ1n) is 8.36. The van der Waals surface area contributed by atoms with Crippen molar-refractivity contribution < 1.29 is 4.39 Å². The van der Waals surface area contributed by atoms with Crippen LogP contribution in [0.2, 0.25) is 5.02 Å². The topological polar surface area (TPSA) is 12.0 Å². The van der Waals surface area contributed by atoms with E-state index < -0.39 is 0 Å². The van der Waals surface area contributed by atoms with Gasteiger partial charge in [0.2, 0.25) is 0 Å². The fourth-order valence-corrected chi connectivity index (χ4v) is 3.63. The van der Waals surface area contributed by atoms with Crippen LogP contribution in [-0.4, -0.2) is 12.6 Å². The highest BCUT2D eigenvalue weighted by Gasteiger charge is 2.16. The Morgan fingerprint density at radius 1 is 1.29 bits per heavy atom. The van der Waals surface area contributed by atoms with Crippen LogP contribution in [0.5, 0.6) is 0 Å². The Morgan fingerprint density at radius 2 is 2.05 bits per heavy atom. The highest BCUT2D eigenvalue weighted by atomic mass is 35.5. The van der Waals surface area contributed by atoms with Crippen molar-refractivity contribution >= 4 is 11.6 Å². The first-order valence-corrected chi connectivity index (χ1v) is 8.74. The molecular weight excluding hydrogens is 285 g/mol. The largest absolute Gasteiger partial charge is 0.314 e. The lowest BCUT2D eigenvalue weighted by Gasteiger charge is -2.25. The second-order valence-electron chi connectivity index (χ2n) is 6.29. The van der Waals surface area contributed by atoms with Gasteiger partial charge in [0.25, 0.3) is 0 Å². The molecule has 0 bridgehead atoms. The Bertz CT molecular complexity index is 429. The van der Waals surface area contributed by atoms with Gasteiger partial charge >= 0.3 is 0 Å². The van der Waals surface area contributed by atoms with Crippen molar-refractivity contribution in [1.82, 2.24) is 5.32 Å². The molecule has 1 aromatic rings. The Morgan fingerprint density at radius 3 is 2.71 bits per heavy atom. The third-order valence-electron chi connectivity index (χ3n) is 4.61. The predicted molar refractivity (Wildman–Crippen MR) is 88.4 cm³/mol. The van der Waals surface area contributed by atoms with Crippen molar-refractivity contribution in [3.8, 4) is 0 Å². The van der Waals surface area contributed by atoms with Gasteiger partial charge in [0.1, 0.15) is 5.82 Å². The highest BCUT2D eigenvalue weighted by Crippen LogP contribution is 2.28. The third kappa shape index (κ3) is 5.60. The van der Waals surface area contributed by atoms with Crippen LogP contribution in [0.15, 0.2) is 18.2 Å². The lowest BCUT2D eigenvalue weighted by atomic mass is 9.84. The fraction of sp³-hybridized carbons (Fsp3) is 0.667. The second kappa shape index (κ2) is 8.75. The van der Waals surface area contributed by atoms with Gasteiger partial charge in [-0.15, -0.1) is 0 Å². The average Bonchev–Trinajstić information content (AvgIpc) is 2.50. The quantitative estimate of drug-likeness (QED) is 0.714. The summed E-state index contributed by atoms with van der Waals surface area (Å²) in [7, 11) is 0. The van der Waals surface area contributed by atoms with Gasteiger partial charge < -0.3 is 5.32 Å². The minimum absolute atomic E-state index is 0.232. The van der Waals surface area contributed by atoms with Gasteiger partial charge in [0.05, 0.1) is 5.02 Å². The summed E-state index contributed by atoms with van der Waals surface area (Å²) in [6.45, 7) is 3.12. The number of rotatable bonds is 7. The maximum absolute atomic E-state index is 13.2. The average molecular weight is 312 g/mol. The van der Waals surface area contributed by atoms with Crippen molar-refractivity contribution in [3.05, 3.63) is 34.6 Å². The Hall–Kier alpha value is -0.600. The maximum Gasteiger partial charge on any atom is 0.141 e. The summed E-state index contributed by atoms with van der Waals surface area (Å²) in [5.74, 6) is 0.583. The fourth-order valence-electron chi connectivity index (χ4n) is 3.43. The Kier molecular flexibility index (Phi) is 6.98. The molecule has 1 nitrogen and oxygen atoms in total. The zero-order chi connectivity index (χ0) is 15.1. The van der Waals surface area contributed by atoms with Crippen LogP contribution in [0.4, 0.5) is 4.39 Å². The molecule has 1 N–H and O–H groups in total. The van der Waals surface area contributed by atoms with Crippen LogP contribution < -0.4 is 5.32 Å².